The molecule has 0 unspecified atom stereocenters. The second-order valence-electron chi connectivity index (χ2n) is 7.11. The lowest BCUT2D eigenvalue weighted by atomic mass is 10.1. The van der Waals surface area contributed by atoms with Crippen molar-refractivity contribution in [3.05, 3.63) is 59.1 Å². The first-order valence-electron chi connectivity index (χ1n) is 9.66. The van der Waals surface area contributed by atoms with Gasteiger partial charge in [-0.3, -0.25) is 9.59 Å². The fourth-order valence-corrected chi connectivity index (χ4v) is 3.62. The van der Waals surface area contributed by atoms with Crippen molar-refractivity contribution in [2.75, 3.05) is 36.4 Å². The number of carbonyl (C=O) groups is 2. The molecule has 2 amide bonds. The number of rotatable bonds is 7. The first-order valence-corrected chi connectivity index (χ1v) is 10.0. The van der Waals surface area contributed by atoms with Crippen LogP contribution in [0.25, 0.3) is 0 Å². The number of hydrogen-bond acceptors (Lipinski definition) is 3. The van der Waals surface area contributed by atoms with Crippen molar-refractivity contribution in [3.63, 3.8) is 0 Å². The highest BCUT2D eigenvalue weighted by Gasteiger charge is 2.15. The molecule has 148 valence electrons. The summed E-state index contributed by atoms with van der Waals surface area (Å²) in [7, 11) is 0. The molecule has 1 fully saturated rings. The van der Waals surface area contributed by atoms with Gasteiger partial charge in [0.15, 0.2) is 0 Å². The number of nitrogens with zero attached hydrogens (tertiary/aromatic N) is 2. The Hall–Kier alpha value is -2.53. The number of halogens is 1. The molecular formula is C22H26ClN3O2. The first-order chi connectivity index (χ1) is 13.5. The Balaban J connectivity index is 1.52. The summed E-state index contributed by atoms with van der Waals surface area (Å²) < 4.78 is 0. The lowest BCUT2D eigenvalue weighted by Crippen LogP contribution is -2.38. The largest absolute Gasteiger partial charge is 0.372 e. The first kappa shape index (κ1) is 20.2. The zero-order valence-corrected chi connectivity index (χ0v) is 16.9. The fourth-order valence-electron chi connectivity index (χ4n) is 3.41. The predicted octanol–water partition coefficient (Wildman–Crippen LogP) is 3.97. The molecule has 6 heteroatoms. The topological polar surface area (TPSA) is 52.7 Å². The second-order valence-corrected chi connectivity index (χ2v) is 7.55. The summed E-state index contributed by atoms with van der Waals surface area (Å²) in [5.74, 6) is -0.322. The summed E-state index contributed by atoms with van der Waals surface area (Å²) >= 11 is 6.00. The van der Waals surface area contributed by atoms with E-state index in [0.717, 1.165) is 24.3 Å². The van der Waals surface area contributed by atoms with Crippen LogP contribution in [0.5, 0.6) is 0 Å². The number of nitrogens with one attached hydrogen (secondary N) is 1. The third kappa shape index (κ3) is 5.73. The van der Waals surface area contributed by atoms with Crippen LogP contribution in [0, 0.1) is 0 Å². The Morgan fingerprint density at radius 1 is 1.11 bits per heavy atom. The Morgan fingerprint density at radius 3 is 2.46 bits per heavy atom. The quantitative estimate of drug-likeness (QED) is 0.766. The van der Waals surface area contributed by atoms with Crippen molar-refractivity contribution in [2.45, 2.75) is 26.2 Å². The maximum Gasteiger partial charge on any atom is 0.243 e. The van der Waals surface area contributed by atoms with E-state index in [1.54, 1.807) is 4.90 Å². The Labute approximate surface area is 171 Å². The minimum atomic E-state index is -0.199. The summed E-state index contributed by atoms with van der Waals surface area (Å²) in [6, 6.07) is 15.4. The van der Waals surface area contributed by atoms with Crippen LogP contribution in [0.4, 0.5) is 11.4 Å². The smallest absolute Gasteiger partial charge is 0.243 e. The molecule has 1 aliphatic rings. The molecule has 5 nitrogen and oxygen atoms in total. The van der Waals surface area contributed by atoms with E-state index in [1.165, 1.54) is 25.5 Å². The van der Waals surface area contributed by atoms with E-state index < -0.39 is 0 Å². The van der Waals surface area contributed by atoms with Crippen LogP contribution >= 0.6 is 11.6 Å². The molecule has 1 heterocycles. The van der Waals surface area contributed by atoms with Crippen molar-refractivity contribution >= 4 is 34.8 Å². The number of benzene rings is 2. The van der Waals surface area contributed by atoms with Gasteiger partial charge >= 0.3 is 0 Å². The minimum Gasteiger partial charge on any atom is -0.372 e. The standard InChI is InChI=1S/C22H26ClN3O2/c1-17(27)26(14-11-18-5-4-6-19(23)15-18)16-22(28)24-20-7-9-21(10-8-20)25-12-2-3-13-25/h4-10,15H,2-3,11-14,16H2,1H3,(H,24,28). The average molecular weight is 400 g/mol. The van der Waals surface area contributed by atoms with Crippen LogP contribution in [0.2, 0.25) is 5.02 Å². The highest BCUT2D eigenvalue weighted by Crippen LogP contribution is 2.22. The Kier molecular flexibility index (Phi) is 6.93. The fraction of sp³-hybridized carbons (Fsp3) is 0.364. The molecule has 3 rings (SSSR count). The van der Waals surface area contributed by atoms with E-state index in [4.69, 9.17) is 11.6 Å². The highest BCUT2D eigenvalue weighted by atomic mass is 35.5. The number of amides is 2. The summed E-state index contributed by atoms with van der Waals surface area (Å²) in [5.41, 5.74) is 2.96. The van der Waals surface area contributed by atoms with Gasteiger partial charge in [-0.1, -0.05) is 23.7 Å². The van der Waals surface area contributed by atoms with Crippen molar-refractivity contribution in [2.24, 2.45) is 0 Å². The lowest BCUT2D eigenvalue weighted by molar-refractivity contribution is -0.132. The van der Waals surface area contributed by atoms with Crippen LogP contribution in [0.3, 0.4) is 0 Å². The summed E-state index contributed by atoms with van der Waals surface area (Å²) in [5, 5.41) is 3.55. The zero-order valence-electron chi connectivity index (χ0n) is 16.2. The number of carbonyl (C=O) groups excluding carboxylic acids is 2. The SMILES string of the molecule is CC(=O)N(CCc1cccc(Cl)c1)CC(=O)Nc1ccc(N2CCCC2)cc1. The van der Waals surface area contributed by atoms with E-state index in [1.807, 2.05) is 48.5 Å². The van der Waals surface area contributed by atoms with Gasteiger partial charge in [0.2, 0.25) is 11.8 Å². The van der Waals surface area contributed by atoms with Gasteiger partial charge in [0, 0.05) is 43.0 Å². The van der Waals surface area contributed by atoms with Gasteiger partial charge in [0.1, 0.15) is 0 Å². The average Bonchev–Trinajstić information content (AvgIpc) is 3.20. The van der Waals surface area contributed by atoms with Crippen molar-refractivity contribution in [1.29, 1.82) is 0 Å². The van der Waals surface area contributed by atoms with Crippen LogP contribution in [0.1, 0.15) is 25.3 Å². The minimum absolute atomic E-state index is 0.0315. The molecule has 0 saturated carbocycles. The third-order valence-electron chi connectivity index (χ3n) is 4.96. The molecule has 0 radical (unpaired) electrons. The summed E-state index contributed by atoms with van der Waals surface area (Å²) in [6.07, 6.45) is 3.11. The van der Waals surface area contributed by atoms with Crippen LogP contribution in [0.15, 0.2) is 48.5 Å². The second kappa shape index (κ2) is 9.60. The summed E-state index contributed by atoms with van der Waals surface area (Å²) in [6.45, 7) is 4.16. The third-order valence-corrected chi connectivity index (χ3v) is 5.20. The van der Waals surface area contributed by atoms with Gasteiger partial charge < -0.3 is 15.1 Å². The Morgan fingerprint density at radius 2 is 1.82 bits per heavy atom. The van der Waals surface area contributed by atoms with E-state index >= 15 is 0 Å². The van der Waals surface area contributed by atoms with Gasteiger partial charge in [0.05, 0.1) is 6.54 Å². The lowest BCUT2D eigenvalue weighted by Gasteiger charge is -2.21. The zero-order chi connectivity index (χ0) is 19.9. The van der Waals surface area contributed by atoms with Crippen molar-refractivity contribution in [3.8, 4) is 0 Å². The molecule has 0 aliphatic carbocycles. The molecule has 0 bridgehead atoms. The van der Waals surface area contributed by atoms with E-state index in [0.29, 0.717) is 18.0 Å². The van der Waals surface area contributed by atoms with Gasteiger partial charge in [-0.25, -0.2) is 0 Å². The van der Waals surface area contributed by atoms with Gasteiger partial charge in [-0.05, 0) is 61.2 Å². The maximum atomic E-state index is 12.4. The molecule has 0 spiro atoms. The molecule has 0 atom stereocenters. The molecule has 0 aromatic heterocycles. The van der Waals surface area contributed by atoms with Gasteiger partial charge in [-0.15, -0.1) is 0 Å². The maximum absolute atomic E-state index is 12.4. The van der Waals surface area contributed by atoms with Gasteiger partial charge in [0.25, 0.3) is 0 Å². The summed E-state index contributed by atoms with van der Waals surface area (Å²) in [4.78, 5) is 28.2. The molecule has 1 aliphatic heterocycles. The highest BCUT2D eigenvalue weighted by molar-refractivity contribution is 6.30. The normalized spacial score (nSPS) is 13.4. The van der Waals surface area contributed by atoms with Crippen molar-refractivity contribution in [1.82, 2.24) is 4.90 Å². The number of hydrogen-bond donors (Lipinski definition) is 1. The monoisotopic (exact) mass is 399 g/mol. The molecule has 1 saturated heterocycles. The van der Waals surface area contributed by atoms with E-state index in [-0.39, 0.29) is 18.4 Å². The molecule has 2 aromatic rings. The molecule has 28 heavy (non-hydrogen) atoms. The van der Waals surface area contributed by atoms with Crippen LogP contribution in [-0.2, 0) is 16.0 Å². The van der Waals surface area contributed by atoms with Gasteiger partial charge in [-0.2, -0.15) is 0 Å². The molecule has 2 aromatic carbocycles. The van der Waals surface area contributed by atoms with E-state index in [9.17, 15) is 9.59 Å². The Bertz CT molecular complexity index is 817. The predicted molar refractivity (Wildman–Crippen MR) is 114 cm³/mol. The van der Waals surface area contributed by atoms with Crippen molar-refractivity contribution < 1.29 is 9.59 Å². The van der Waals surface area contributed by atoms with Crippen LogP contribution in [-0.4, -0.2) is 42.9 Å². The molecular weight excluding hydrogens is 374 g/mol. The van der Waals surface area contributed by atoms with E-state index in [2.05, 4.69) is 10.2 Å². The molecule has 1 N–H and O–H groups in total. The van der Waals surface area contributed by atoms with Crippen LogP contribution < -0.4 is 10.2 Å². The number of anilines is 2.